The molecule has 0 radical (unpaired) electrons. The van der Waals surface area contributed by atoms with Gasteiger partial charge in [0.1, 0.15) is 6.20 Å². The third-order valence-corrected chi connectivity index (χ3v) is 1.73. The lowest BCUT2D eigenvalue weighted by molar-refractivity contribution is -0.385. The number of hydrogen-bond donors (Lipinski definition) is 0. The van der Waals surface area contributed by atoms with Crippen molar-refractivity contribution in [2.75, 3.05) is 0 Å². The highest BCUT2D eigenvalue weighted by atomic mass is 79.9. The molecule has 0 bridgehead atoms. The highest BCUT2D eigenvalue weighted by Gasteiger charge is 2.03. The summed E-state index contributed by atoms with van der Waals surface area (Å²) in [6.07, 6.45) is 1.25. The van der Waals surface area contributed by atoms with E-state index in [1.807, 2.05) is 0 Å². The lowest BCUT2D eigenvalue weighted by Gasteiger charge is -1.92. The lowest BCUT2D eigenvalue weighted by atomic mass is 10.3. The second kappa shape index (κ2) is 3.43. The molecule has 0 fully saturated rings. The van der Waals surface area contributed by atoms with Crippen LogP contribution in [-0.4, -0.2) is 9.91 Å². The number of alkyl halides is 1. The molecule has 58 valence electrons. The molecule has 0 unspecified atom stereocenters. The largest absolute Gasteiger partial charge is 0.287 e. The van der Waals surface area contributed by atoms with Crippen LogP contribution < -0.4 is 0 Å². The monoisotopic (exact) mass is 216 g/mol. The first-order chi connectivity index (χ1) is 5.24. The van der Waals surface area contributed by atoms with Gasteiger partial charge in [-0.05, 0) is 6.07 Å². The standard InChI is InChI=1S/C6H5BrN2O2/c7-3-5-1-2-6(4-8-5)9(10)11/h1-2,4H,3H2. The maximum atomic E-state index is 10.2. The van der Waals surface area contributed by atoms with Crippen molar-refractivity contribution in [3.8, 4) is 0 Å². The van der Waals surface area contributed by atoms with Gasteiger partial charge >= 0.3 is 0 Å². The Morgan fingerprint density at radius 1 is 1.64 bits per heavy atom. The molecule has 0 aromatic carbocycles. The quantitative estimate of drug-likeness (QED) is 0.431. The Balaban J connectivity index is 2.91. The molecule has 4 nitrogen and oxygen atoms in total. The number of aromatic nitrogens is 1. The summed E-state index contributed by atoms with van der Waals surface area (Å²) in [6, 6.07) is 3.05. The molecular formula is C6H5BrN2O2. The average Bonchev–Trinajstić information content (AvgIpc) is 2.05. The second-order valence-electron chi connectivity index (χ2n) is 1.90. The van der Waals surface area contributed by atoms with Crippen LogP contribution in [0.5, 0.6) is 0 Å². The van der Waals surface area contributed by atoms with Crippen LogP contribution in [0.15, 0.2) is 18.3 Å². The van der Waals surface area contributed by atoms with E-state index in [0.29, 0.717) is 5.33 Å². The van der Waals surface area contributed by atoms with Crippen molar-refractivity contribution in [3.05, 3.63) is 34.1 Å². The zero-order valence-corrected chi connectivity index (χ0v) is 7.11. The van der Waals surface area contributed by atoms with E-state index in [4.69, 9.17) is 0 Å². The van der Waals surface area contributed by atoms with Crippen molar-refractivity contribution in [1.29, 1.82) is 0 Å². The third kappa shape index (κ3) is 1.98. The topological polar surface area (TPSA) is 56.0 Å². The Morgan fingerprint density at radius 3 is 2.73 bits per heavy atom. The Labute approximate surface area is 71.5 Å². The highest BCUT2D eigenvalue weighted by molar-refractivity contribution is 9.08. The van der Waals surface area contributed by atoms with E-state index in [1.54, 1.807) is 6.07 Å². The normalized spacial score (nSPS) is 9.55. The number of hydrogen-bond acceptors (Lipinski definition) is 3. The molecule has 0 aliphatic rings. The third-order valence-electron chi connectivity index (χ3n) is 1.16. The summed E-state index contributed by atoms with van der Waals surface area (Å²) in [4.78, 5) is 13.5. The Hall–Kier alpha value is -0.970. The fraction of sp³-hybridized carbons (Fsp3) is 0.167. The van der Waals surface area contributed by atoms with Crippen molar-refractivity contribution in [3.63, 3.8) is 0 Å². The first-order valence-corrected chi connectivity index (χ1v) is 4.01. The number of rotatable bonds is 2. The minimum Gasteiger partial charge on any atom is -0.258 e. The first-order valence-electron chi connectivity index (χ1n) is 2.89. The van der Waals surface area contributed by atoms with Gasteiger partial charge in [-0.1, -0.05) is 15.9 Å². The van der Waals surface area contributed by atoms with Crippen molar-refractivity contribution >= 4 is 21.6 Å². The predicted octanol–water partition coefficient (Wildman–Crippen LogP) is 1.88. The van der Waals surface area contributed by atoms with Gasteiger partial charge in [0.25, 0.3) is 5.69 Å². The molecular weight excluding hydrogens is 212 g/mol. The number of nitro groups is 1. The molecule has 0 spiro atoms. The van der Waals surface area contributed by atoms with E-state index < -0.39 is 4.92 Å². The van der Waals surface area contributed by atoms with Gasteiger partial charge in [-0.2, -0.15) is 0 Å². The summed E-state index contributed by atoms with van der Waals surface area (Å²) in [6.45, 7) is 0. The first kappa shape index (κ1) is 8.13. The van der Waals surface area contributed by atoms with Crippen LogP contribution in [0.4, 0.5) is 5.69 Å². The van der Waals surface area contributed by atoms with Crippen LogP contribution in [0.1, 0.15) is 5.69 Å². The van der Waals surface area contributed by atoms with Crippen LogP contribution in [0, 0.1) is 10.1 Å². The molecule has 1 aromatic heterocycles. The minimum atomic E-state index is -0.467. The molecule has 5 heteroatoms. The summed E-state index contributed by atoms with van der Waals surface area (Å²) in [7, 11) is 0. The van der Waals surface area contributed by atoms with Crippen LogP contribution in [0.3, 0.4) is 0 Å². The molecule has 0 saturated heterocycles. The van der Waals surface area contributed by atoms with Crippen LogP contribution in [-0.2, 0) is 5.33 Å². The fourth-order valence-electron chi connectivity index (χ4n) is 0.604. The Bertz CT molecular complexity index is 260. The molecule has 0 N–H and O–H groups in total. The maximum absolute atomic E-state index is 10.2. The molecule has 0 amide bonds. The average molecular weight is 217 g/mol. The minimum absolute atomic E-state index is 0.0229. The smallest absolute Gasteiger partial charge is 0.258 e. The van der Waals surface area contributed by atoms with Gasteiger partial charge in [-0.3, -0.25) is 15.1 Å². The molecule has 0 atom stereocenters. The fourth-order valence-corrected chi connectivity index (χ4v) is 0.935. The zero-order chi connectivity index (χ0) is 8.27. The van der Waals surface area contributed by atoms with Crippen LogP contribution >= 0.6 is 15.9 Å². The van der Waals surface area contributed by atoms with E-state index in [0.717, 1.165) is 5.69 Å². The molecule has 11 heavy (non-hydrogen) atoms. The summed E-state index contributed by atoms with van der Waals surface area (Å²) in [5.74, 6) is 0. The van der Waals surface area contributed by atoms with E-state index in [9.17, 15) is 10.1 Å². The molecule has 0 aliphatic heterocycles. The van der Waals surface area contributed by atoms with Gasteiger partial charge in [0.2, 0.25) is 0 Å². The summed E-state index contributed by atoms with van der Waals surface area (Å²) >= 11 is 3.19. The SMILES string of the molecule is O=[N+]([O-])c1ccc(CBr)nc1. The predicted molar refractivity (Wildman–Crippen MR) is 43.5 cm³/mol. The summed E-state index contributed by atoms with van der Waals surface area (Å²) in [5, 5.41) is 10.8. The van der Waals surface area contributed by atoms with E-state index >= 15 is 0 Å². The second-order valence-corrected chi connectivity index (χ2v) is 2.46. The Kier molecular flexibility index (Phi) is 2.53. The summed E-state index contributed by atoms with van der Waals surface area (Å²) < 4.78 is 0. The number of nitrogens with zero attached hydrogens (tertiary/aromatic N) is 2. The van der Waals surface area contributed by atoms with Gasteiger partial charge < -0.3 is 0 Å². The van der Waals surface area contributed by atoms with Crippen molar-refractivity contribution in [2.45, 2.75) is 5.33 Å². The summed E-state index contributed by atoms with van der Waals surface area (Å²) in [5.41, 5.74) is 0.810. The van der Waals surface area contributed by atoms with Crippen molar-refractivity contribution in [2.24, 2.45) is 0 Å². The van der Waals surface area contributed by atoms with Gasteiger partial charge in [0, 0.05) is 11.4 Å². The van der Waals surface area contributed by atoms with Crippen LogP contribution in [0.2, 0.25) is 0 Å². The zero-order valence-electron chi connectivity index (χ0n) is 5.53. The molecule has 1 heterocycles. The van der Waals surface area contributed by atoms with E-state index in [1.165, 1.54) is 12.3 Å². The highest BCUT2D eigenvalue weighted by Crippen LogP contribution is 2.10. The van der Waals surface area contributed by atoms with Crippen molar-refractivity contribution < 1.29 is 4.92 Å². The molecule has 0 aliphatic carbocycles. The maximum Gasteiger partial charge on any atom is 0.287 e. The van der Waals surface area contributed by atoms with Crippen LogP contribution in [0.25, 0.3) is 0 Å². The van der Waals surface area contributed by atoms with E-state index in [-0.39, 0.29) is 5.69 Å². The van der Waals surface area contributed by atoms with Gasteiger partial charge in [0.15, 0.2) is 0 Å². The number of pyridine rings is 1. The number of halogens is 1. The van der Waals surface area contributed by atoms with E-state index in [2.05, 4.69) is 20.9 Å². The molecule has 1 aromatic rings. The van der Waals surface area contributed by atoms with Gasteiger partial charge in [-0.25, -0.2) is 0 Å². The van der Waals surface area contributed by atoms with Crippen molar-refractivity contribution in [1.82, 2.24) is 4.98 Å². The lowest BCUT2D eigenvalue weighted by Crippen LogP contribution is -1.90. The molecule has 1 rings (SSSR count). The molecule has 0 saturated carbocycles. The van der Waals surface area contributed by atoms with Gasteiger partial charge in [-0.15, -0.1) is 0 Å². The Morgan fingerprint density at radius 2 is 2.36 bits per heavy atom. The van der Waals surface area contributed by atoms with Gasteiger partial charge in [0.05, 0.1) is 10.6 Å².